The molecular weight excluding hydrogens is 348 g/mol. The topological polar surface area (TPSA) is 102 Å². The molecule has 0 bridgehead atoms. The minimum absolute atomic E-state index is 0.0966. The molecule has 26 heavy (non-hydrogen) atoms. The van der Waals surface area contributed by atoms with Crippen molar-refractivity contribution in [2.45, 2.75) is 70.8 Å². The number of nitrogens with two attached hydrogens (primary N) is 1. The van der Waals surface area contributed by atoms with Crippen LogP contribution in [0.3, 0.4) is 0 Å². The zero-order valence-electron chi connectivity index (χ0n) is 16.8. The zero-order chi connectivity index (χ0) is 20.3. The normalized spacial score (nSPS) is 13.8. The molecule has 0 aliphatic heterocycles. The van der Waals surface area contributed by atoms with Gasteiger partial charge in [-0.05, 0) is 49.7 Å². The average Bonchev–Trinajstić information content (AvgIpc) is 2.45. The quantitative estimate of drug-likeness (QED) is 0.631. The van der Waals surface area contributed by atoms with E-state index in [0.717, 1.165) is 11.3 Å². The number of aliphatic carboxylic acids is 1. The van der Waals surface area contributed by atoms with Gasteiger partial charge in [0.25, 0.3) is 0 Å². The summed E-state index contributed by atoms with van der Waals surface area (Å²) in [6.45, 7) is 13.9. The lowest BCUT2D eigenvalue weighted by atomic mass is 10.0. The summed E-state index contributed by atoms with van der Waals surface area (Å²) in [5.41, 5.74) is 5.39. The molecule has 1 rings (SSSR count). The number of hydrogen-bond acceptors (Lipinski definition) is 4. The van der Waals surface area contributed by atoms with Crippen molar-refractivity contribution < 1.29 is 19.1 Å². The smallest absolute Gasteiger partial charge is 0.326 e. The first-order chi connectivity index (χ1) is 11.6. The van der Waals surface area contributed by atoms with E-state index in [1.54, 1.807) is 0 Å². The van der Waals surface area contributed by atoms with Gasteiger partial charge in [0.2, 0.25) is 14.2 Å². The molecule has 6 nitrogen and oxygen atoms in total. The molecule has 0 saturated heterocycles. The fraction of sp³-hybridized carbons (Fsp3) is 0.579. The van der Waals surface area contributed by atoms with Gasteiger partial charge in [-0.25, -0.2) is 4.79 Å². The summed E-state index contributed by atoms with van der Waals surface area (Å²) in [7, 11) is -1.92. The number of benzene rings is 1. The fourth-order valence-electron chi connectivity index (χ4n) is 1.92. The van der Waals surface area contributed by atoms with Crippen molar-refractivity contribution in [2.75, 3.05) is 0 Å². The molecule has 0 aromatic heterocycles. The van der Waals surface area contributed by atoms with E-state index in [2.05, 4.69) is 39.2 Å². The van der Waals surface area contributed by atoms with Gasteiger partial charge >= 0.3 is 5.97 Å². The molecule has 1 atom stereocenters. The lowest BCUT2D eigenvalue weighted by Gasteiger charge is -2.36. The van der Waals surface area contributed by atoms with Crippen LogP contribution in [0, 0.1) is 0 Å². The van der Waals surface area contributed by atoms with Crippen LogP contribution >= 0.6 is 0 Å². The second-order valence-corrected chi connectivity index (χ2v) is 13.5. The van der Waals surface area contributed by atoms with Gasteiger partial charge in [-0.1, -0.05) is 32.9 Å². The predicted molar refractivity (Wildman–Crippen MR) is 106 cm³/mol. The van der Waals surface area contributed by atoms with Crippen LogP contribution in [0.2, 0.25) is 18.1 Å². The van der Waals surface area contributed by atoms with Crippen molar-refractivity contribution in [3.05, 3.63) is 29.8 Å². The van der Waals surface area contributed by atoms with E-state index in [9.17, 15) is 14.7 Å². The number of carboxylic acid groups (broad SMARTS) is 1. The van der Waals surface area contributed by atoms with Crippen LogP contribution in [0.5, 0.6) is 5.75 Å². The van der Waals surface area contributed by atoms with E-state index >= 15 is 0 Å². The van der Waals surface area contributed by atoms with Gasteiger partial charge in [0, 0.05) is 6.42 Å². The summed E-state index contributed by atoms with van der Waals surface area (Å²) < 4.78 is 6.22. The second-order valence-electron chi connectivity index (χ2n) is 8.80. The lowest BCUT2D eigenvalue weighted by molar-refractivity contribution is -0.142. The number of carbonyl (C=O) groups excluding carboxylic acids is 1. The van der Waals surface area contributed by atoms with Crippen molar-refractivity contribution in [2.24, 2.45) is 5.73 Å². The Kier molecular flexibility index (Phi) is 6.65. The number of amides is 1. The van der Waals surface area contributed by atoms with E-state index in [-0.39, 0.29) is 11.5 Å². The third-order valence-corrected chi connectivity index (χ3v) is 9.09. The van der Waals surface area contributed by atoms with Crippen LogP contribution in [0.4, 0.5) is 0 Å². The maximum atomic E-state index is 12.0. The van der Waals surface area contributed by atoms with Crippen LogP contribution < -0.4 is 15.5 Å². The summed E-state index contributed by atoms with van der Waals surface area (Å²) in [5, 5.41) is 12.0. The van der Waals surface area contributed by atoms with Crippen LogP contribution in [0.25, 0.3) is 0 Å². The van der Waals surface area contributed by atoms with Crippen molar-refractivity contribution in [1.82, 2.24) is 5.32 Å². The molecule has 146 valence electrons. The minimum atomic E-state index is -1.92. The van der Waals surface area contributed by atoms with Gasteiger partial charge in [0.15, 0.2) is 0 Å². The Morgan fingerprint density at radius 2 is 1.65 bits per heavy atom. The first-order valence-electron chi connectivity index (χ1n) is 8.74. The maximum absolute atomic E-state index is 12.0. The van der Waals surface area contributed by atoms with Gasteiger partial charge < -0.3 is 20.6 Å². The van der Waals surface area contributed by atoms with Gasteiger partial charge in [-0.15, -0.1) is 0 Å². The third kappa shape index (κ3) is 6.14. The lowest BCUT2D eigenvalue weighted by Crippen LogP contribution is -2.54. The average molecular weight is 381 g/mol. The summed E-state index contributed by atoms with van der Waals surface area (Å²) >= 11 is 0. The summed E-state index contributed by atoms with van der Waals surface area (Å²) in [6, 6.07) is 6.33. The first-order valence-corrected chi connectivity index (χ1v) is 11.6. The Morgan fingerprint density at radius 3 is 2.04 bits per heavy atom. The van der Waals surface area contributed by atoms with Crippen molar-refractivity contribution in [1.29, 1.82) is 0 Å². The third-order valence-electron chi connectivity index (χ3n) is 4.73. The molecule has 0 radical (unpaired) electrons. The van der Waals surface area contributed by atoms with Gasteiger partial charge in [-0.2, -0.15) is 0 Å². The summed E-state index contributed by atoms with van der Waals surface area (Å²) in [5.74, 6) is -0.814. The number of hydrogen-bond donors (Lipinski definition) is 3. The van der Waals surface area contributed by atoms with Crippen LogP contribution in [-0.4, -0.2) is 36.9 Å². The highest BCUT2D eigenvalue weighted by atomic mass is 28.4. The maximum Gasteiger partial charge on any atom is 0.326 e. The molecule has 1 aromatic carbocycles. The van der Waals surface area contributed by atoms with Crippen LogP contribution in [0.15, 0.2) is 24.3 Å². The molecule has 7 heteroatoms. The number of rotatable bonds is 7. The first kappa shape index (κ1) is 22.2. The molecule has 1 amide bonds. The van der Waals surface area contributed by atoms with E-state index in [1.807, 2.05) is 24.3 Å². The second kappa shape index (κ2) is 7.80. The minimum Gasteiger partial charge on any atom is -0.544 e. The van der Waals surface area contributed by atoms with Gasteiger partial charge in [0.05, 0.1) is 5.54 Å². The Balaban J connectivity index is 2.84. The number of carbonyl (C=O) groups is 2. The Morgan fingerprint density at radius 1 is 1.15 bits per heavy atom. The SMILES string of the molecule is CC(C)(N)C(=O)N[C@@H](Cc1ccc(O[Si](C)(C)C(C)(C)C)cc1)C(=O)O. The van der Waals surface area contributed by atoms with Crippen LogP contribution in [0.1, 0.15) is 40.2 Å². The molecule has 0 saturated carbocycles. The highest BCUT2D eigenvalue weighted by Crippen LogP contribution is 2.37. The molecule has 0 aliphatic rings. The van der Waals surface area contributed by atoms with E-state index in [0.29, 0.717) is 0 Å². The molecule has 0 aliphatic carbocycles. The fourth-order valence-corrected chi connectivity index (χ4v) is 2.95. The predicted octanol–water partition coefficient (Wildman–Crippen LogP) is 2.92. The van der Waals surface area contributed by atoms with E-state index in [4.69, 9.17) is 10.2 Å². The zero-order valence-corrected chi connectivity index (χ0v) is 17.8. The van der Waals surface area contributed by atoms with Gasteiger partial charge in [0.1, 0.15) is 11.8 Å². The molecule has 0 spiro atoms. The van der Waals surface area contributed by atoms with Crippen molar-refractivity contribution in [3.8, 4) is 5.75 Å². The summed E-state index contributed by atoms with van der Waals surface area (Å²) in [6.07, 6.45) is 0.178. The van der Waals surface area contributed by atoms with Gasteiger partial charge in [-0.3, -0.25) is 4.79 Å². The standard InChI is InChI=1S/C19H32N2O4Si/c1-18(2,3)26(6,7)25-14-10-8-13(9-11-14)12-15(16(22)23)21-17(24)19(4,5)20/h8-11,15H,12,20H2,1-7H3,(H,21,24)(H,22,23)/t15-/m0/s1. The molecule has 0 heterocycles. The molecule has 0 fully saturated rings. The van der Waals surface area contributed by atoms with Crippen molar-refractivity contribution in [3.63, 3.8) is 0 Å². The van der Waals surface area contributed by atoms with E-state index in [1.165, 1.54) is 13.8 Å². The molecule has 1 aromatic rings. The molecule has 0 unspecified atom stereocenters. The molecular formula is C19H32N2O4Si. The van der Waals surface area contributed by atoms with Crippen LogP contribution in [-0.2, 0) is 16.0 Å². The Bertz CT molecular complexity index is 643. The summed E-state index contributed by atoms with van der Waals surface area (Å²) in [4.78, 5) is 23.4. The molecule has 4 N–H and O–H groups in total. The Labute approximate surface area is 157 Å². The Hall–Kier alpha value is -1.86. The van der Waals surface area contributed by atoms with E-state index < -0.39 is 31.8 Å². The number of carboxylic acids is 1. The monoisotopic (exact) mass is 380 g/mol. The highest BCUT2D eigenvalue weighted by molar-refractivity contribution is 6.74. The van der Waals surface area contributed by atoms with Crippen molar-refractivity contribution >= 4 is 20.2 Å². The largest absolute Gasteiger partial charge is 0.544 e. The number of nitrogens with one attached hydrogen (secondary N) is 1. The highest BCUT2D eigenvalue weighted by Gasteiger charge is 2.39.